The summed E-state index contributed by atoms with van der Waals surface area (Å²) in [4.78, 5) is 12.0. The normalized spacial score (nSPS) is 15.7. The first-order valence-electron chi connectivity index (χ1n) is 6.31. The van der Waals surface area contributed by atoms with E-state index in [-0.39, 0.29) is 12.1 Å². The molecule has 7 heteroatoms. The lowest BCUT2D eigenvalue weighted by Gasteiger charge is -2.18. The summed E-state index contributed by atoms with van der Waals surface area (Å²) in [6.07, 6.45) is 2.26. The first-order chi connectivity index (χ1) is 9.72. The molecule has 0 radical (unpaired) electrons. The van der Waals surface area contributed by atoms with E-state index in [1.165, 1.54) is 11.3 Å². The summed E-state index contributed by atoms with van der Waals surface area (Å²) < 4.78 is 0. The lowest BCUT2D eigenvalue weighted by atomic mass is 10.0. The maximum atomic E-state index is 12.0. The molecule has 5 nitrogen and oxygen atoms in total. The second-order valence-corrected chi connectivity index (χ2v) is 5.98. The van der Waals surface area contributed by atoms with Crippen molar-refractivity contribution >= 4 is 34.1 Å². The number of nitrogens with zero attached hydrogens (tertiary/aromatic N) is 2. The van der Waals surface area contributed by atoms with Crippen LogP contribution in [0.25, 0.3) is 0 Å². The van der Waals surface area contributed by atoms with E-state index in [4.69, 9.17) is 11.6 Å². The Morgan fingerprint density at radius 3 is 2.70 bits per heavy atom. The number of anilines is 1. The highest BCUT2D eigenvalue weighted by Gasteiger charge is 2.33. The number of nitrogens with one attached hydrogen (secondary N) is 2. The number of carbonyl (C=O) groups is 1. The highest BCUT2D eigenvalue weighted by atomic mass is 35.5. The Labute approximate surface area is 125 Å². The number of amides is 2. The van der Waals surface area contributed by atoms with Gasteiger partial charge in [0.2, 0.25) is 5.13 Å². The second-order valence-electron chi connectivity index (χ2n) is 4.71. The number of rotatable bonds is 4. The molecule has 20 heavy (non-hydrogen) atoms. The molecular weight excluding hydrogens is 296 g/mol. The van der Waals surface area contributed by atoms with Crippen molar-refractivity contribution in [2.45, 2.75) is 18.9 Å². The van der Waals surface area contributed by atoms with Crippen LogP contribution in [-0.4, -0.2) is 16.2 Å². The molecule has 0 unspecified atom stereocenters. The Morgan fingerprint density at radius 1 is 1.35 bits per heavy atom. The van der Waals surface area contributed by atoms with Gasteiger partial charge < -0.3 is 5.32 Å². The van der Waals surface area contributed by atoms with E-state index in [1.807, 2.05) is 24.3 Å². The quantitative estimate of drug-likeness (QED) is 0.909. The molecule has 2 N–H and O–H groups in total. The molecule has 2 aromatic rings. The van der Waals surface area contributed by atoms with Gasteiger partial charge in [-0.2, -0.15) is 0 Å². The maximum absolute atomic E-state index is 12.0. The van der Waals surface area contributed by atoms with Crippen LogP contribution >= 0.6 is 22.9 Å². The van der Waals surface area contributed by atoms with Crippen LogP contribution in [0.15, 0.2) is 29.8 Å². The fraction of sp³-hybridized carbons (Fsp3) is 0.308. The van der Waals surface area contributed by atoms with E-state index in [9.17, 15) is 4.79 Å². The maximum Gasteiger partial charge on any atom is 0.321 e. The largest absolute Gasteiger partial charge is 0.331 e. The van der Waals surface area contributed by atoms with Crippen LogP contribution in [0.4, 0.5) is 9.93 Å². The van der Waals surface area contributed by atoms with Crippen LogP contribution in [0.3, 0.4) is 0 Å². The summed E-state index contributed by atoms with van der Waals surface area (Å²) in [7, 11) is 0. The van der Waals surface area contributed by atoms with Crippen molar-refractivity contribution < 1.29 is 4.79 Å². The molecule has 0 aliphatic heterocycles. The predicted octanol–water partition coefficient (Wildman–Crippen LogP) is 3.46. The molecule has 1 heterocycles. The Kier molecular flexibility index (Phi) is 3.84. The summed E-state index contributed by atoms with van der Waals surface area (Å²) in [5, 5.41) is 14.3. The van der Waals surface area contributed by atoms with Crippen molar-refractivity contribution in [1.29, 1.82) is 0 Å². The smallest absolute Gasteiger partial charge is 0.321 e. The fourth-order valence-electron chi connectivity index (χ4n) is 2.07. The number of benzene rings is 1. The number of hydrogen-bond acceptors (Lipinski definition) is 4. The van der Waals surface area contributed by atoms with Gasteiger partial charge in [-0.25, -0.2) is 4.79 Å². The minimum Gasteiger partial charge on any atom is -0.331 e. The lowest BCUT2D eigenvalue weighted by Crippen LogP contribution is -2.33. The molecule has 1 aromatic heterocycles. The third-order valence-electron chi connectivity index (χ3n) is 3.19. The molecule has 1 aromatic carbocycles. The van der Waals surface area contributed by atoms with Gasteiger partial charge in [0.15, 0.2) is 0 Å². The van der Waals surface area contributed by atoms with E-state index in [0.717, 1.165) is 18.4 Å². The van der Waals surface area contributed by atoms with Crippen molar-refractivity contribution in [3.8, 4) is 0 Å². The number of hydrogen-bond donors (Lipinski definition) is 2. The molecule has 0 saturated heterocycles. The average molecular weight is 309 g/mol. The monoisotopic (exact) mass is 308 g/mol. The first kappa shape index (κ1) is 13.3. The Morgan fingerprint density at radius 2 is 2.10 bits per heavy atom. The molecule has 0 bridgehead atoms. The average Bonchev–Trinajstić information content (AvgIpc) is 3.16. The molecule has 104 valence electrons. The number of halogens is 1. The van der Waals surface area contributed by atoms with Crippen LogP contribution in [0.1, 0.15) is 24.4 Å². The zero-order valence-corrected chi connectivity index (χ0v) is 12.1. The summed E-state index contributed by atoms with van der Waals surface area (Å²) in [6, 6.07) is 7.36. The zero-order valence-electron chi connectivity index (χ0n) is 10.5. The van der Waals surface area contributed by atoms with Crippen LogP contribution in [0.2, 0.25) is 5.02 Å². The van der Waals surface area contributed by atoms with E-state index in [0.29, 0.717) is 16.1 Å². The number of urea groups is 1. The van der Waals surface area contributed by atoms with E-state index < -0.39 is 0 Å². The molecule has 1 saturated carbocycles. The summed E-state index contributed by atoms with van der Waals surface area (Å²) in [6.45, 7) is 0. The molecule has 1 atom stereocenters. The second kappa shape index (κ2) is 5.76. The molecule has 3 rings (SSSR count). The standard InChI is InChI=1S/C13H13ClN4OS/c14-10-5-3-9(4-6-10)11(8-1-2-8)16-12(19)17-13-18-15-7-20-13/h3-8,11H,1-2H2,(H2,16,17,18,19)/t11-/m1/s1. The summed E-state index contributed by atoms with van der Waals surface area (Å²) in [5.41, 5.74) is 2.65. The van der Waals surface area contributed by atoms with Gasteiger partial charge in [-0.3, -0.25) is 5.32 Å². The molecule has 0 spiro atoms. The predicted molar refractivity (Wildman–Crippen MR) is 79.0 cm³/mol. The third kappa shape index (κ3) is 3.26. The van der Waals surface area contributed by atoms with Crippen molar-refractivity contribution in [3.63, 3.8) is 0 Å². The highest BCUT2D eigenvalue weighted by Crippen LogP contribution is 2.41. The number of carbonyl (C=O) groups excluding carboxylic acids is 1. The van der Waals surface area contributed by atoms with Crippen molar-refractivity contribution in [3.05, 3.63) is 40.4 Å². The fourth-order valence-corrected chi connectivity index (χ4v) is 2.64. The zero-order chi connectivity index (χ0) is 13.9. The van der Waals surface area contributed by atoms with Crippen molar-refractivity contribution in [2.24, 2.45) is 5.92 Å². The molecule has 1 aliphatic carbocycles. The first-order valence-corrected chi connectivity index (χ1v) is 7.57. The molecule has 1 fully saturated rings. The van der Waals surface area contributed by atoms with Crippen LogP contribution in [0.5, 0.6) is 0 Å². The van der Waals surface area contributed by atoms with Gasteiger partial charge in [0.1, 0.15) is 5.51 Å². The lowest BCUT2D eigenvalue weighted by molar-refractivity contribution is 0.247. The highest BCUT2D eigenvalue weighted by molar-refractivity contribution is 7.13. The summed E-state index contributed by atoms with van der Waals surface area (Å²) >= 11 is 7.19. The van der Waals surface area contributed by atoms with E-state index >= 15 is 0 Å². The van der Waals surface area contributed by atoms with Gasteiger partial charge in [0.05, 0.1) is 6.04 Å². The van der Waals surface area contributed by atoms with Crippen LogP contribution in [-0.2, 0) is 0 Å². The topological polar surface area (TPSA) is 66.9 Å². The number of aromatic nitrogens is 2. The Hall–Kier alpha value is -1.66. The Bertz CT molecular complexity index is 583. The molecule has 1 aliphatic rings. The van der Waals surface area contributed by atoms with Gasteiger partial charge in [-0.05, 0) is 36.5 Å². The Balaban J connectivity index is 1.68. The van der Waals surface area contributed by atoms with Crippen LogP contribution < -0.4 is 10.6 Å². The van der Waals surface area contributed by atoms with Crippen molar-refractivity contribution in [1.82, 2.24) is 15.5 Å². The van der Waals surface area contributed by atoms with Gasteiger partial charge in [-0.1, -0.05) is 35.1 Å². The van der Waals surface area contributed by atoms with E-state index in [1.54, 1.807) is 5.51 Å². The summed E-state index contributed by atoms with van der Waals surface area (Å²) in [5.74, 6) is 0.497. The molecule has 2 amide bonds. The minimum absolute atomic E-state index is 0.0141. The van der Waals surface area contributed by atoms with Gasteiger partial charge in [-0.15, -0.1) is 10.2 Å². The van der Waals surface area contributed by atoms with Gasteiger partial charge in [0.25, 0.3) is 0 Å². The van der Waals surface area contributed by atoms with Gasteiger partial charge in [0, 0.05) is 5.02 Å². The molecular formula is C13H13ClN4OS. The van der Waals surface area contributed by atoms with E-state index in [2.05, 4.69) is 20.8 Å². The third-order valence-corrected chi connectivity index (χ3v) is 4.05. The van der Waals surface area contributed by atoms with Crippen LogP contribution in [0, 0.1) is 5.92 Å². The minimum atomic E-state index is -0.256. The van der Waals surface area contributed by atoms with Crippen molar-refractivity contribution in [2.75, 3.05) is 5.32 Å². The van der Waals surface area contributed by atoms with Gasteiger partial charge >= 0.3 is 6.03 Å². The SMILES string of the molecule is O=C(Nc1nncs1)N[C@@H](c1ccc(Cl)cc1)C1CC1.